The van der Waals surface area contributed by atoms with Crippen LogP contribution in [-0.2, 0) is 4.79 Å². The molecule has 3 aliphatic rings. The van der Waals surface area contributed by atoms with Gasteiger partial charge in [0.25, 0.3) is 0 Å². The van der Waals surface area contributed by atoms with Crippen molar-refractivity contribution in [2.45, 2.75) is 58.4 Å². The number of pyridine rings is 1. The highest BCUT2D eigenvalue weighted by Gasteiger charge is 2.57. The van der Waals surface area contributed by atoms with Crippen LogP contribution in [0.25, 0.3) is 0 Å². The zero-order valence-corrected chi connectivity index (χ0v) is 15.0. The van der Waals surface area contributed by atoms with Gasteiger partial charge in [-0.15, -0.1) is 0 Å². The van der Waals surface area contributed by atoms with Crippen molar-refractivity contribution >= 4 is 5.91 Å². The second-order valence-corrected chi connectivity index (χ2v) is 8.26. The molecule has 0 N–H and O–H groups in total. The summed E-state index contributed by atoms with van der Waals surface area (Å²) >= 11 is 0. The molecule has 5 nitrogen and oxygen atoms in total. The average Bonchev–Trinajstić information content (AvgIpc) is 3.08. The van der Waals surface area contributed by atoms with Crippen molar-refractivity contribution < 1.29 is 9.53 Å². The molecule has 2 bridgehead atoms. The average molecular weight is 339 g/mol. The van der Waals surface area contributed by atoms with Gasteiger partial charge in [-0.05, 0) is 43.9 Å². The van der Waals surface area contributed by atoms with Gasteiger partial charge < -0.3 is 9.64 Å². The maximum absolute atomic E-state index is 13.6. The molecule has 0 aromatic carbocycles. The summed E-state index contributed by atoms with van der Waals surface area (Å²) in [6.45, 7) is 5.43. The number of hydrogen-bond acceptors (Lipinski definition) is 4. The van der Waals surface area contributed by atoms with Crippen molar-refractivity contribution in [2.75, 3.05) is 13.2 Å². The van der Waals surface area contributed by atoms with E-state index in [1.807, 2.05) is 4.90 Å². The molecule has 1 amide bonds. The van der Waals surface area contributed by atoms with E-state index in [9.17, 15) is 10.1 Å². The molecule has 25 heavy (non-hydrogen) atoms. The second kappa shape index (κ2) is 5.72. The standard InChI is InChI=1S/C20H25N3O2/c1-3-16-15-12-22-11-14(10-21)17(15)25-9-8-23(16)18(24)20-6-4-19(2,13-20)5-7-20/h11-12,16H,3-9,13H2,1-2H3/t16-,19?,20?/m0/s1. The van der Waals surface area contributed by atoms with E-state index in [2.05, 4.69) is 24.9 Å². The van der Waals surface area contributed by atoms with Crippen LogP contribution in [0.3, 0.4) is 0 Å². The lowest BCUT2D eigenvalue weighted by Gasteiger charge is -2.36. The smallest absolute Gasteiger partial charge is 0.229 e. The SMILES string of the molecule is CC[C@H]1c2cncc(C#N)c2OCCN1C(=O)C12CCC(C)(CC1)C2. The molecule has 4 rings (SSSR count). The largest absolute Gasteiger partial charge is 0.490 e. The van der Waals surface area contributed by atoms with Crippen LogP contribution in [-0.4, -0.2) is 28.9 Å². The van der Waals surface area contributed by atoms with Crippen LogP contribution in [0.15, 0.2) is 12.4 Å². The highest BCUT2D eigenvalue weighted by Crippen LogP contribution is 2.62. The molecular weight excluding hydrogens is 314 g/mol. The first-order chi connectivity index (χ1) is 12.0. The molecule has 1 aliphatic heterocycles. The number of rotatable bonds is 2. The highest BCUT2D eigenvalue weighted by molar-refractivity contribution is 5.84. The number of nitriles is 1. The lowest BCUT2D eigenvalue weighted by Crippen LogP contribution is -2.44. The van der Waals surface area contributed by atoms with Crippen molar-refractivity contribution in [3.8, 4) is 11.8 Å². The Balaban J connectivity index is 1.70. The van der Waals surface area contributed by atoms with Gasteiger partial charge in [-0.3, -0.25) is 9.78 Å². The number of ether oxygens (including phenoxy) is 1. The molecule has 1 aromatic heterocycles. The minimum atomic E-state index is -0.174. The normalized spacial score (nSPS) is 33.3. The summed E-state index contributed by atoms with van der Waals surface area (Å²) in [7, 11) is 0. The van der Waals surface area contributed by atoms with Gasteiger partial charge in [0.15, 0.2) is 0 Å². The fourth-order valence-electron chi connectivity index (χ4n) is 5.29. The molecule has 2 heterocycles. The van der Waals surface area contributed by atoms with Crippen LogP contribution in [0, 0.1) is 22.2 Å². The number of aromatic nitrogens is 1. The predicted octanol–water partition coefficient (Wildman–Crippen LogP) is 3.60. The van der Waals surface area contributed by atoms with Gasteiger partial charge in [0.2, 0.25) is 5.91 Å². The fourth-order valence-corrected chi connectivity index (χ4v) is 5.29. The lowest BCUT2D eigenvalue weighted by molar-refractivity contribution is -0.144. The van der Waals surface area contributed by atoms with E-state index in [1.54, 1.807) is 12.4 Å². The number of nitrogens with zero attached hydrogens (tertiary/aromatic N) is 3. The molecule has 132 valence electrons. The van der Waals surface area contributed by atoms with Gasteiger partial charge in [-0.1, -0.05) is 13.8 Å². The molecule has 0 unspecified atom stereocenters. The van der Waals surface area contributed by atoms with Crippen LogP contribution in [0.2, 0.25) is 0 Å². The van der Waals surface area contributed by atoms with Gasteiger partial charge in [-0.25, -0.2) is 0 Å². The first kappa shape index (κ1) is 16.4. The topological polar surface area (TPSA) is 66.2 Å². The van der Waals surface area contributed by atoms with Gasteiger partial charge in [-0.2, -0.15) is 5.26 Å². The molecular formula is C20H25N3O2. The number of amides is 1. The first-order valence-corrected chi connectivity index (χ1v) is 9.34. The van der Waals surface area contributed by atoms with E-state index in [1.165, 1.54) is 0 Å². The minimum absolute atomic E-state index is 0.0624. The van der Waals surface area contributed by atoms with Crippen molar-refractivity contribution in [2.24, 2.45) is 10.8 Å². The summed E-state index contributed by atoms with van der Waals surface area (Å²) in [6, 6.07) is 2.10. The summed E-state index contributed by atoms with van der Waals surface area (Å²) in [5.74, 6) is 0.902. The van der Waals surface area contributed by atoms with E-state index in [0.29, 0.717) is 35.8 Å². The fraction of sp³-hybridized carbons (Fsp3) is 0.650. The summed E-state index contributed by atoms with van der Waals surface area (Å²) in [4.78, 5) is 19.8. The molecule has 2 saturated carbocycles. The van der Waals surface area contributed by atoms with Crippen LogP contribution in [0.4, 0.5) is 0 Å². The monoisotopic (exact) mass is 339 g/mol. The van der Waals surface area contributed by atoms with Gasteiger partial charge in [0.1, 0.15) is 24.0 Å². The molecule has 2 fully saturated rings. The molecule has 0 spiro atoms. The van der Waals surface area contributed by atoms with Crippen molar-refractivity contribution in [1.29, 1.82) is 5.26 Å². The zero-order valence-electron chi connectivity index (χ0n) is 15.0. The third-order valence-electron chi connectivity index (χ3n) is 6.64. The maximum Gasteiger partial charge on any atom is 0.229 e. The Morgan fingerprint density at radius 3 is 2.76 bits per heavy atom. The Bertz CT molecular complexity index is 744. The maximum atomic E-state index is 13.6. The van der Waals surface area contributed by atoms with E-state index in [0.717, 1.165) is 44.1 Å². The minimum Gasteiger partial charge on any atom is -0.490 e. The molecule has 5 heteroatoms. The lowest BCUT2D eigenvalue weighted by atomic mass is 9.81. The van der Waals surface area contributed by atoms with Crippen molar-refractivity contribution in [3.63, 3.8) is 0 Å². The van der Waals surface area contributed by atoms with Gasteiger partial charge in [0, 0.05) is 23.4 Å². The van der Waals surface area contributed by atoms with E-state index < -0.39 is 0 Å². The van der Waals surface area contributed by atoms with E-state index in [-0.39, 0.29) is 11.5 Å². The highest BCUT2D eigenvalue weighted by atomic mass is 16.5. The van der Waals surface area contributed by atoms with Gasteiger partial charge in [0.05, 0.1) is 12.6 Å². The van der Waals surface area contributed by atoms with Crippen LogP contribution >= 0.6 is 0 Å². The summed E-state index contributed by atoms with van der Waals surface area (Å²) in [5, 5.41) is 9.35. The number of carbonyl (C=O) groups is 1. The van der Waals surface area contributed by atoms with Crippen molar-refractivity contribution in [3.05, 3.63) is 23.5 Å². The zero-order chi connectivity index (χ0) is 17.7. The van der Waals surface area contributed by atoms with Gasteiger partial charge >= 0.3 is 0 Å². The predicted molar refractivity (Wildman–Crippen MR) is 92.8 cm³/mol. The van der Waals surface area contributed by atoms with E-state index in [4.69, 9.17) is 4.74 Å². The summed E-state index contributed by atoms with van der Waals surface area (Å²) < 4.78 is 5.89. The Morgan fingerprint density at radius 1 is 1.40 bits per heavy atom. The van der Waals surface area contributed by atoms with Crippen LogP contribution in [0.5, 0.6) is 5.75 Å². The van der Waals surface area contributed by atoms with Crippen LogP contribution in [0.1, 0.15) is 69.5 Å². The summed E-state index contributed by atoms with van der Waals surface area (Å²) in [5.41, 5.74) is 1.51. The molecule has 0 radical (unpaired) electrons. The third-order valence-corrected chi connectivity index (χ3v) is 6.64. The Morgan fingerprint density at radius 2 is 2.16 bits per heavy atom. The first-order valence-electron chi connectivity index (χ1n) is 9.34. The Kier molecular flexibility index (Phi) is 3.75. The molecule has 1 atom stereocenters. The molecule has 1 aromatic rings. The Hall–Kier alpha value is -2.09. The second-order valence-electron chi connectivity index (χ2n) is 8.26. The van der Waals surface area contributed by atoms with Crippen LogP contribution < -0.4 is 4.74 Å². The van der Waals surface area contributed by atoms with Crippen molar-refractivity contribution in [1.82, 2.24) is 9.88 Å². The quantitative estimate of drug-likeness (QED) is 0.826. The molecule has 0 saturated heterocycles. The third kappa shape index (κ3) is 2.42. The number of carbonyl (C=O) groups excluding carboxylic acids is 1. The molecule has 2 aliphatic carbocycles. The number of fused-ring (bicyclic) bond motifs is 3. The van der Waals surface area contributed by atoms with E-state index >= 15 is 0 Å². The number of hydrogen-bond donors (Lipinski definition) is 0. The Labute approximate surface area is 149 Å². The summed E-state index contributed by atoms with van der Waals surface area (Å²) in [6.07, 6.45) is 9.48.